The van der Waals surface area contributed by atoms with Crippen LogP contribution in [0.5, 0.6) is 0 Å². The normalized spacial score (nSPS) is 18.7. The Kier molecular flexibility index (Phi) is 5.19. The minimum atomic E-state index is -3.08. The van der Waals surface area contributed by atoms with Gasteiger partial charge in [-0.3, -0.25) is 4.79 Å². The summed E-state index contributed by atoms with van der Waals surface area (Å²) in [7, 11) is -3.08. The molecule has 1 amide bonds. The number of hydrogen-bond acceptors (Lipinski definition) is 3. The van der Waals surface area contributed by atoms with Crippen molar-refractivity contribution in [1.29, 1.82) is 0 Å². The van der Waals surface area contributed by atoms with Crippen molar-refractivity contribution >= 4 is 21.4 Å². The number of nitrogens with zero attached hydrogens (tertiary/aromatic N) is 1. The lowest BCUT2D eigenvalue weighted by molar-refractivity contribution is -0.118. The monoisotopic (exact) mass is 371 g/mol. The highest BCUT2D eigenvalue weighted by Gasteiger charge is 2.36. The van der Waals surface area contributed by atoms with Gasteiger partial charge in [0, 0.05) is 5.69 Å². The smallest absolute Gasteiger partial charge is 0.231 e. The van der Waals surface area contributed by atoms with E-state index >= 15 is 0 Å². The number of aryl methyl sites for hydroxylation is 3. The summed E-state index contributed by atoms with van der Waals surface area (Å²) in [6.07, 6.45) is 0.764. The Bertz CT molecular complexity index is 897. The number of hydrogen-bond donors (Lipinski definition) is 0. The Morgan fingerprint density at radius 2 is 1.69 bits per heavy atom. The van der Waals surface area contributed by atoms with Crippen molar-refractivity contribution in [1.82, 2.24) is 0 Å². The van der Waals surface area contributed by atoms with E-state index in [-0.39, 0.29) is 29.9 Å². The van der Waals surface area contributed by atoms with Gasteiger partial charge in [0.05, 0.1) is 24.0 Å². The maximum Gasteiger partial charge on any atom is 0.231 e. The predicted molar refractivity (Wildman–Crippen MR) is 105 cm³/mol. The van der Waals surface area contributed by atoms with E-state index in [1.807, 2.05) is 51.1 Å². The lowest BCUT2D eigenvalue weighted by Crippen LogP contribution is -2.43. The quantitative estimate of drug-likeness (QED) is 0.828. The van der Waals surface area contributed by atoms with E-state index in [0.717, 1.165) is 27.9 Å². The molecule has 0 aliphatic carbocycles. The maximum absolute atomic E-state index is 13.2. The molecule has 1 unspecified atom stereocenters. The van der Waals surface area contributed by atoms with Crippen LogP contribution in [-0.2, 0) is 21.1 Å². The molecule has 1 saturated heterocycles. The Balaban J connectivity index is 2.01. The molecule has 138 valence electrons. The van der Waals surface area contributed by atoms with Gasteiger partial charge in [-0.2, -0.15) is 0 Å². The second-order valence-electron chi connectivity index (χ2n) is 7.23. The van der Waals surface area contributed by atoms with E-state index < -0.39 is 9.84 Å². The molecule has 2 aromatic rings. The average molecular weight is 372 g/mol. The maximum atomic E-state index is 13.2. The van der Waals surface area contributed by atoms with Gasteiger partial charge in [-0.15, -0.1) is 0 Å². The highest BCUT2D eigenvalue weighted by Crippen LogP contribution is 2.32. The standard InChI is InChI=1S/C21H25NO3S/c1-15-11-16(2)21(17(3)12-15)22(19-9-10-26(24,25)14-19)20(23)13-18-7-5-4-6-8-18/h4-8,11-12,19H,9-10,13-14H2,1-3H3. The Morgan fingerprint density at radius 1 is 1.08 bits per heavy atom. The Hall–Kier alpha value is -2.14. The summed E-state index contributed by atoms with van der Waals surface area (Å²) in [5, 5.41) is 0. The van der Waals surface area contributed by atoms with Crippen molar-refractivity contribution in [2.24, 2.45) is 0 Å². The molecule has 0 bridgehead atoms. The third kappa shape index (κ3) is 3.98. The molecule has 0 radical (unpaired) electrons. The third-order valence-corrected chi connectivity index (χ3v) is 6.67. The largest absolute Gasteiger partial charge is 0.307 e. The molecular weight excluding hydrogens is 346 g/mol. The zero-order chi connectivity index (χ0) is 18.9. The van der Waals surface area contributed by atoms with Crippen LogP contribution in [0, 0.1) is 20.8 Å². The van der Waals surface area contributed by atoms with Crippen LogP contribution in [-0.4, -0.2) is 31.9 Å². The van der Waals surface area contributed by atoms with E-state index in [1.165, 1.54) is 0 Å². The molecule has 26 heavy (non-hydrogen) atoms. The van der Waals surface area contributed by atoms with Gasteiger partial charge in [0.15, 0.2) is 9.84 Å². The predicted octanol–water partition coefficient (Wildman–Crippen LogP) is 3.37. The van der Waals surface area contributed by atoms with Crippen LogP contribution in [0.1, 0.15) is 28.7 Å². The summed E-state index contributed by atoms with van der Waals surface area (Å²) < 4.78 is 24.1. The highest BCUT2D eigenvalue weighted by atomic mass is 32.2. The first-order valence-corrected chi connectivity index (χ1v) is 10.7. The fourth-order valence-corrected chi connectivity index (χ4v) is 5.60. The van der Waals surface area contributed by atoms with Crippen molar-refractivity contribution in [3.63, 3.8) is 0 Å². The van der Waals surface area contributed by atoms with Crippen molar-refractivity contribution in [3.05, 3.63) is 64.7 Å². The molecule has 5 heteroatoms. The van der Waals surface area contributed by atoms with Gasteiger partial charge in [-0.05, 0) is 43.9 Å². The molecule has 1 heterocycles. The molecule has 3 rings (SSSR count). The van der Waals surface area contributed by atoms with Gasteiger partial charge in [0.25, 0.3) is 0 Å². The number of benzene rings is 2. The minimum Gasteiger partial charge on any atom is -0.307 e. The minimum absolute atomic E-state index is 0.0420. The van der Waals surface area contributed by atoms with Crippen LogP contribution in [0.4, 0.5) is 5.69 Å². The summed E-state index contributed by atoms with van der Waals surface area (Å²) in [6, 6.07) is 13.4. The molecule has 0 saturated carbocycles. The molecule has 1 aliphatic heterocycles. The fraction of sp³-hybridized carbons (Fsp3) is 0.381. The first kappa shape index (κ1) is 18.6. The molecule has 0 aromatic heterocycles. The van der Waals surface area contributed by atoms with E-state index in [1.54, 1.807) is 4.90 Å². The summed E-state index contributed by atoms with van der Waals surface area (Å²) in [6.45, 7) is 6.00. The van der Waals surface area contributed by atoms with Crippen LogP contribution >= 0.6 is 0 Å². The molecule has 0 N–H and O–H groups in total. The first-order chi connectivity index (χ1) is 12.3. The zero-order valence-corrected chi connectivity index (χ0v) is 16.3. The number of amides is 1. The molecular formula is C21H25NO3S. The highest BCUT2D eigenvalue weighted by molar-refractivity contribution is 7.91. The van der Waals surface area contributed by atoms with Gasteiger partial charge < -0.3 is 4.90 Å². The SMILES string of the molecule is Cc1cc(C)c(N(C(=O)Cc2ccccc2)C2CCS(=O)(=O)C2)c(C)c1. The van der Waals surface area contributed by atoms with Gasteiger partial charge in [0.2, 0.25) is 5.91 Å². The second-order valence-corrected chi connectivity index (χ2v) is 9.46. The molecule has 1 atom stereocenters. The van der Waals surface area contributed by atoms with Crippen molar-refractivity contribution in [3.8, 4) is 0 Å². The van der Waals surface area contributed by atoms with E-state index in [0.29, 0.717) is 6.42 Å². The Morgan fingerprint density at radius 3 is 2.23 bits per heavy atom. The molecule has 1 fully saturated rings. The van der Waals surface area contributed by atoms with Gasteiger partial charge in [-0.1, -0.05) is 48.0 Å². The van der Waals surface area contributed by atoms with Crippen LogP contribution < -0.4 is 4.90 Å². The lowest BCUT2D eigenvalue weighted by Gasteiger charge is -2.31. The summed E-state index contributed by atoms with van der Waals surface area (Å²) in [5.41, 5.74) is 4.95. The number of rotatable bonds is 4. The van der Waals surface area contributed by atoms with E-state index in [2.05, 4.69) is 12.1 Å². The van der Waals surface area contributed by atoms with Gasteiger partial charge in [0.1, 0.15) is 0 Å². The zero-order valence-electron chi connectivity index (χ0n) is 15.5. The fourth-order valence-electron chi connectivity index (χ4n) is 3.90. The van der Waals surface area contributed by atoms with E-state index in [9.17, 15) is 13.2 Å². The van der Waals surface area contributed by atoms with Crippen LogP contribution in [0.25, 0.3) is 0 Å². The van der Waals surface area contributed by atoms with Gasteiger partial charge >= 0.3 is 0 Å². The van der Waals surface area contributed by atoms with Crippen molar-refractivity contribution in [2.45, 2.75) is 39.7 Å². The molecule has 1 aliphatic rings. The summed E-state index contributed by atoms with van der Waals surface area (Å²) in [5.74, 6) is 0.144. The first-order valence-electron chi connectivity index (χ1n) is 8.91. The third-order valence-electron chi connectivity index (χ3n) is 4.92. The number of sulfone groups is 1. The van der Waals surface area contributed by atoms with Crippen LogP contribution in [0.2, 0.25) is 0 Å². The van der Waals surface area contributed by atoms with Crippen LogP contribution in [0.3, 0.4) is 0 Å². The van der Waals surface area contributed by atoms with Crippen molar-refractivity contribution in [2.75, 3.05) is 16.4 Å². The van der Waals surface area contributed by atoms with Gasteiger partial charge in [-0.25, -0.2) is 8.42 Å². The molecule has 0 spiro atoms. The molecule has 2 aromatic carbocycles. The Labute approximate surface area is 155 Å². The lowest BCUT2D eigenvalue weighted by atomic mass is 10.0. The topological polar surface area (TPSA) is 54.5 Å². The number of anilines is 1. The number of carbonyl (C=O) groups excluding carboxylic acids is 1. The number of carbonyl (C=O) groups is 1. The van der Waals surface area contributed by atoms with Crippen LogP contribution in [0.15, 0.2) is 42.5 Å². The average Bonchev–Trinajstić information content (AvgIpc) is 2.91. The second kappa shape index (κ2) is 7.23. The summed E-state index contributed by atoms with van der Waals surface area (Å²) >= 11 is 0. The van der Waals surface area contributed by atoms with E-state index in [4.69, 9.17) is 0 Å². The van der Waals surface area contributed by atoms with Crippen molar-refractivity contribution < 1.29 is 13.2 Å². The summed E-state index contributed by atoms with van der Waals surface area (Å²) in [4.78, 5) is 15.0. The molecule has 4 nitrogen and oxygen atoms in total.